The molecule has 2 rings (SSSR count). The fourth-order valence-electron chi connectivity index (χ4n) is 2.90. The second-order valence-electron chi connectivity index (χ2n) is 6.85. The quantitative estimate of drug-likeness (QED) is 0.506. The van der Waals surface area contributed by atoms with Crippen molar-refractivity contribution in [1.29, 1.82) is 0 Å². The van der Waals surface area contributed by atoms with E-state index in [1.54, 1.807) is 37.3 Å². The van der Waals surface area contributed by atoms with Crippen LogP contribution in [0.1, 0.15) is 37.8 Å². The third-order valence-electron chi connectivity index (χ3n) is 4.63. The first-order valence-corrected chi connectivity index (χ1v) is 10.7. The molecule has 0 unspecified atom stereocenters. The number of carbonyl (C=O) groups is 2. The molecule has 1 N–H and O–H groups in total. The minimum atomic E-state index is -0.653. The second-order valence-corrected chi connectivity index (χ2v) is 8.10. The topological polar surface area (TPSA) is 49.4 Å². The molecule has 0 fully saturated rings. The Hall–Kier alpha value is -1.75. The van der Waals surface area contributed by atoms with E-state index in [4.69, 9.17) is 34.8 Å². The number of nitrogens with one attached hydrogen (secondary N) is 1. The number of amides is 2. The van der Waals surface area contributed by atoms with E-state index < -0.39 is 6.04 Å². The van der Waals surface area contributed by atoms with Crippen LogP contribution in [0.5, 0.6) is 0 Å². The molecule has 0 saturated heterocycles. The lowest BCUT2D eigenvalue weighted by atomic mass is 10.1. The maximum atomic E-state index is 13.2. The first kappa shape index (κ1) is 23.5. The van der Waals surface area contributed by atoms with Crippen LogP contribution < -0.4 is 5.32 Å². The molecule has 2 amide bonds. The smallest absolute Gasteiger partial charge is 0.242 e. The molecule has 0 heterocycles. The highest BCUT2D eigenvalue weighted by Crippen LogP contribution is 2.26. The highest BCUT2D eigenvalue weighted by atomic mass is 35.5. The summed E-state index contributed by atoms with van der Waals surface area (Å²) in [5.41, 5.74) is 1.39. The Morgan fingerprint density at radius 1 is 1.07 bits per heavy atom. The third-order valence-corrected chi connectivity index (χ3v) is 5.57. The molecule has 7 heteroatoms. The van der Waals surface area contributed by atoms with Gasteiger partial charge in [-0.25, -0.2) is 0 Å². The normalized spacial score (nSPS) is 11.8. The van der Waals surface area contributed by atoms with Gasteiger partial charge in [0.05, 0.1) is 6.42 Å². The van der Waals surface area contributed by atoms with Gasteiger partial charge in [0.15, 0.2) is 0 Å². The van der Waals surface area contributed by atoms with Crippen molar-refractivity contribution in [3.63, 3.8) is 0 Å². The Balaban J connectivity index is 2.25. The van der Waals surface area contributed by atoms with Crippen LogP contribution in [0.3, 0.4) is 0 Å². The number of carbonyl (C=O) groups excluding carboxylic acids is 2. The van der Waals surface area contributed by atoms with Crippen molar-refractivity contribution in [2.45, 2.75) is 45.7 Å². The van der Waals surface area contributed by atoms with Crippen molar-refractivity contribution < 1.29 is 9.59 Å². The fourth-order valence-corrected chi connectivity index (χ4v) is 3.65. The lowest BCUT2D eigenvalue weighted by Crippen LogP contribution is -2.48. The Bertz CT molecular complexity index is 837. The summed E-state index contributed by atoms with van der Waals surface area (Å²) in [6, 6.07) is 11.7. The molecule has 0 aliphatic rings. The molecule has 2 aromatic rings. The molecule has 156 valence electrons. The van der Waals surface area contributed by atoms with Gasteiger partial charge in [0.2, 0.25) is 11.8 Å². The summed E-state index contributed by atoms with van der Waals surface area (Å²) < 4.78 is 0. The zero-order chi connectivity index (χ0) is 21.4. The van der Waals surface area contributed by atoms with Gasteiger partial charge < -0.3 is 10.2 Å². The first-order chi connectivity index (χ1) is 13.8. The van der Waals surface area contributed by atoms with Gasteiger partial charge >= 0.3 is 0 Å². The molecule has 0 aliphatic carbocycles. The molecule has 0 bridgehead atoms. The summed E-state index contributed by atoms with van der Waals surface area (Å²) in [5, 5.41) is 4.31. The Labute approximate surface area is 187 Å². The van der Waals surface area contributed by atoms with Crippen LogP contribution in [0.25, 0.3) is 0 Å². The van der Waals surface area contributed by atoms with Gasteiger partial charge in [-0.2, -0.15) is 0 Å². The van der Waals surface area contributed by atoms with Crippen molar-refractivity contribution in [3.8, 4) is 0 Å². The van der Waals surface area contributed by atoms with Gasteiger partial charge in [0.25, 0.3) is 0 Å². The largest absolute Gasteiger partial charge is 0.354 e. The van der Waals surface area contributed by atoms with E-state index in [1.165, 1.54) is 4.90 Å². The van der Waals surface area contributed by atoms with Crippen molar-refractivity contribution in [3.05, 3.63) is 68.7 Å². The van der Waals surface area contributed by atoms with E-state index in [2.05, 4.69) is 12.2 Å². The second kappa shape index (κ2) is 11.4. The predicted octanol–water partition coefficient (Wildman–Crippen LogP) is 5.52. The van der Waals surface area contributed by atoms with E-state index in [0.717, 1.165) is 18.4 Å². The maximum Gasteiger partial charge on any atom is 0.242 e. The Morgan fingerprint density at radius 3 is 2.34 bits per heavy atom. The van der Waals surface area contributed by atoms with Crippen LogP contribution in [0.15, 0.2) is 42.5 Å². The molecule has 0 spiro atoms. The van der Waals surface area contributed by atoms with E-state index in [0.29, 0.717) is 27.2 Å². The molecule has 0 saturated carbocycles. The summed E-state index contributed by atoms with van der Waals surface area (Å²) in [4.78, 5) is 27.3. The zero-order valence-corrected chi connectivity index (χ0v) is 18.8. The molecule has 0 aliphatic heterocycles. The molecular formula is C22H25Cl3N2O2. The van der Waals surface area contributed by atoms with E-state index in [9.17, 15) is 9.59 Å². The highest BCUT2D eigenvalue weighted by Gasteiger charge is 2.27. The van der Waals surface area contributed by atoms with Gasteiger partial charge in [0, 0.05) is 28.2 Å². The highest BCUT2D eigenvalue weighted by molar-refractivity contribution is 6.36. The predicted molar refractivity (Wildman–Crippen MR) is 120 cm³/mol. The minimum Gasteiger partial charge on any atom is -0.354 e. The number of hydrogen-bond acceptors (Lipinski definition) is 2. The molecule has 0 radical (unpaired) electrons. The Kier molecular flexibility index (Phi) is 9.28. The minimum absolute atomic E-state index is 0.00561. The number of halogens is 3. The van der Waals surface area contributed by atoms with Crippen molar-refractivity contribution in [1.82, 2.24) is 10.2 Å². The van der Waals surface area contributed by atoms with Crippen molar-refractivity contribution in [2.75, 3.05) is 6.54 Å². The lowest BCUT2D eigenvalue weighted by molar-refractivity contribution is -0.140. The Morgan fingerprint density at radius 2 is 1.72 bits per heavy atom. The molecular weight excluding hydrogens is 431 g/mol. The molecule has 4 nitrogen and oxygen atoms in total. The van der Waals surface area contributed by atoms with Crippen molar-refractivity contribution in [2.24, 2.45) is 0 Å². The number of rotatable bonds is 9. The molecule has 0 aromatic heterocycles. The summed E-state index contributed by atoms with van der Waals surface area (Å²) >= 11 is 18.6. The average molecular weight is 456 g/mol. The van der Waals surface area contributed by atoms with E-state index >= 15 is 0 Å². The van der Waals surface area contributed by atoms with Crippen LogP contribution >= 0.6 is 34.8 Å². The fraction of sp³-hybridized carbons (Fsp3) is 0.364. The number of unbranched alkanes of at least 4 members (excludes halogenated alkanes) is 1. The van der Waals surface area contributed by atoms with Crippen LogP contribution in [0.2, 0.25) is 15.1 Å². The molecule has 1 atom stereocenters. The number of benzene rings is 2. The van der Waals surface area contributed by atoms with E-state index in [-0.39, 0.29) is 24.8 Å². The number of nitrogens with zero attached hydrogens (tertiary/aromatic N) is 1. The van der Waals surface area contributed by atoms with Gasteiger partial charge in [-0.3, -0.25) is 9.59 Å². The molecule has 29 heavy (non-hydrogen) atoms. The van der Waals surface area contributed by atoms with Crippen LogP contribution in [-0.4, -0.2) is 29.3 Å². The average Bonchev–Trinajstić information content (AvgIpc) is 2.68. The van der Waals surface area contributed by atoms with Gasteiger partial charge in [-0.05, 0) is 48.7 Å². The number of hydrogen-bond donors (Lipinski definition) is 1. The van der Waals surface area contributed by atoms with Crippen molar-refractivity contribution >= 4 is 46.6 Å². The maximum absolute atomic E-state index is 13.2. The van der Waals surface area contributed by atoms with Crippen LogP contribution in [-0.2, 0) is 22.6 Å². The van der Waals surface area contributed by atoms with Gasteiger partial charge in [-0.15, -0.1) is 0 Å². The summed E-state index contributed by atoms with van der Waals surface area (Å²) in [7, 11) is 0. The third kappa shape index (κ3) is 6.91. The lowest BCUT2D eigenvalue weighted by Gasteiger charge is -2.29. The summed E-state index contributed by atoms with van der Waals surface area (Å²) in [5.74, 6) is -0.433. The van der Waals surface area contributed by atoms with Gasteiger partial charge in [0.1, 0.15) is 6.04 Å². The zero-order valence-electron chi connectivity index (χ0n) is 16.6. The summed E-state index contributed by atoms with van der Waals surface area (Å²) in [6.07, 6.45) is 1.87. The van der Waals surface area contributed by atoms with Gasteiger partial charge in [-0.1, -0.05) is 66.3 Å². The summed E-state index contributed by atoms with van der Waals surface area (Å²) in [6.45, 7) is 4.61. The standard InChI is InChI=1S/C22H25Cl3N2O2/c1-3-4-11-26-22(29)15(2)27(14-16-7-5-8-17(23)12-16)21(28)13-18-19(24)9-6-10-20(18)25/h5-10,12,15H,3-4,11,13-14H2,1-2H3,(H,26,29)/t15-/m0/s1. The monoisotopic (exact) mass is 454 g/mol. The van der Waals surface area contributed by atoms with E-state index in [1.807, 2.05) is 12.1 Å². The SMILES string of the molecule is CCCCNC(=O)[C@H](C)N(Cc1cccc(Cl)c1)C(=O)Cc1c(Cl)cccc1Cl. The van der Waals surface area contributed by atoms with Crippen LogP contribution in [0, 0.1) is 0 Å². The first-order valence-electron chi connectivity index (χ1n) is 9.58. The van der Waals surface area contributed by atoms with Crippen LogP contribution in [0.4, 0.5) is 0 Å². The molecule has 2 aromatic carbocycles.